The van der Waals surface area contributed by atoms with Gasteiger partial charge < -0.3 is 5.32 Å². The molecule has 4 rings (SSSR count). The van der Waals surface area contributed by atoms with Crippen LogP contribution in [0.3, 0.4) is 0 Å². The van der Waals surface area contributed by atoms with E-state index in [1.807, 2.05) is 6.07 Å². The lowest BCUT2D eigenvalue weighted by molar-refractivity contribution is -0.127. The maximum absolute atomic E-state index is 13.4. The van der Waals surface area contributed by atoms with E-state index in [9.17, 15) is 9.18 Å². The standard InChI is InChI=1S/C22H26FN3O/c23-19-8-6-18(7-9-19)21(22(27)24-20-10-11-20)26-14-12-25(13-15-26)16-17-4-2-1-3-5-17/h1-9,20-21H,10-16H2,(H,24,27). The van der Waals surface area contributed by atoms with E-state index in [-0.39, 0.29) is 17.8 Å². The van der Waals surface area contributed by atoms with Gasteiger partial charge in [0.2, 0.25) is 5.91 Å². The Morgan fingerprint density at radius 3 is 2.30 bits per heavy atom. The van der Waals surface area contributed by atoms with Crippen LogP contribution in [0.2, 0.25) is 0 Å². The lowest BCUT2D eigenvalue weighted by Gasteiger charge is -2.39. The second-order valence-electron chi connectivity index (χ2n) is 7.53. The van der Waals surface area contributed by atoms with Crippen molar-refractivity contribution >= 4 is 5.91 Å². The average Bonchev–Trinajstić information content (AvgIpc) is 3.50. The number of carbonyl (C=O) groups excluding carboxylic acids is 1. The first-order valence-electron chi connectivity index (χ1n) is 9.75. The Kier molecular flexibility index (Phi) is 5.50. The SMILES string of the molecule is O=C(NC1CC1)C(c1ccc(F)cc1)N1CCN(Cc2ccccc2)CC1. The molecule has 2 aliphatic rings. The molecule has 0 spiro atoms. The van der Waals surface area contributed by atoms with Crippen LogP contribution in [0, 0.1) is 5.82 Å². The number of piperazine rings is 1. The molecular weight excluding hydrogens is 341 g/mol. The second kappa shape index (κ2) is 8.19. The Hall–Kier alpha value is -2.24. The van der Waals surface area contributed by atoms with Crippen molar-refractivity contribution in [3.63, 3.8) is 0 Å². The Morgan fingerprint density at radius 2 is 1.67 bits per heavy atom. The molecule has 2 fully saturated rings. The Morgan fingerprint density at radius 1 is 1.00 bits per heavy atom. The zero-order chi connectivity index (χ0) is 18.6. The van der Waals surface area contributed by atoms with Crippen molar-refractivity contribution in [2.75, 3.05) is 26.2 Å². The number of amides is 1. The lowest BCUT2D eigenvalue weighted by atomic mass is 10.0. The molecule has 142 valence electrons. The number of benzene rings is 2. The molecule has 1 saturated carbocycles. The molecule has 1 saturated heterocycles. The molecule has 1 N–H and O–H groups in total. The highest BCUT2D eigenvalue weighted by Crippen LogP contribution is 2.26. The average molecular weight is 367 g/mol. The van der Waals surface area contributed by atoms with E-state index in [2.05, 4.69) is 39.4 Å². The Labute approximate surface area is 160 Å². The minimum Gasteiger partial charge on any atom is -0.352 e. The van der Waals surface area contributed by atoms with E-state index in [0.29, 0.717) is 6.04 Å². The molecule has 1 unspecified atom stereocenters. The van der Waals surface area contributed by atoms with Gasteiger partial charge in [-0.1, -0.05) is 42.5 Å². The third kappa shape index (κ3) is 4.73. The highest BCUT2D eigenvalue weighted by molar-refractivity contribution is 5.83. The predicted molar refractivity (Wildman–Crippen MR) is 104 cm³/mol. The number of rotatable bonds is 6. The monoisotopic (exact) mass is 367 g/mol. The van der Waals surface area contributed by atoms with Gasteiger partial charge in [-0.3, -0.25) is 14.6 Å². The van der Waals surface area contributed by atoms with Crippen LogP contribution in [0.15, 0.2) is 54.6 Å². The van der Waals surface area contributed by atoms with Gasteiger partial charge in [0, 0.05) is 38.8 Å². The summed E-state index contributed by atoms with van der Waals surface area (Å²) in [5, 5.41) is 3.13. The third-order valence-electron chi connectivity index (χ3n) is 5.38. The van der Waals surface area contributed by atoms with Gasteiger partial charge >= 0.3 is 0 Å². The minimum absolute atomic E-state index is 0.0422. The van der Waals surface area contributed by atoms with Crippen molar-refractivity contribution in [3.8, 4) is 0 Å². The van der Waals surface area contributed by atoms with Crippen molar-refractivity contribution in [2.24, 2.45) is 0 Å². The largest absolute Gasteiger partial charge is 0.352 e. The maximum Gasteiger partial charge on any atom is 0.242 e. The molecule has 27 heavy (non-hydrogen) atoms. The van der Waals surface area contributed by atoms with Crippen molar-refractivity contribution in [1.82, 2.24) is 15.1 Å². The molecule has 2 aromatic rings. The van der Waals surface area contributed by atoms with Crippen LogP contribution in [-0.4, -0.2) is 47.9 Å². The van der Waals surface area contributed by atoms with Crippen LogP contribution < -0.4 is 5.32 Å². The molecule has 1 aliphatic heterocycles. The summed E-state index contributed by atoms with van der Waals surface area (Å²) in [6.45, 7) is 4.43. The molecule has 1 heterocycles. The number of carbonyl (C=O) groups is 1. The lowest BCUT2D eigenvalue weighted by Crippen LogP contribution is -2.51. The molecular formula is C22H26FN3O. The molecule has 1 atom stereocenters. The summed E-state index contributed by atoms with van der Waals surface area (Å²) in [6.07, 6.45) is 2.12. The summed E-state index contributed by atoms with van der Waals surface area (Å²) in [4.78, 5) is 17.5. The van der Waals surface area contributed by atoms with Crippen LogP contribution >= 0.6 is 0 Å². The second-order valence-corrected chi connectivity index (χ2v) is 7.53. The first-order chi connectivity index (χ1) is 13.2. The van der Waals surface area contributed by atoms with E-state index < -0.39 is 0 Å². The van der Waals surface area contributed by atoms with Crippen LogP contribution in [0.5, 0.6) is 0 Å². The van der Waals surface area contributed by atoms with Crippen molar-refractivity contribution in [1.29, 1.82) is 0 Å². The number of nitrogens with one attached hydrogen (secondary N) is 1. The molecule has 1 aliphatic carbocycles. The predicted octanol–water partition coefficient (Wildman–Crippen LogP) is 2.96. The molecule has 1 amide bonds. The van der Waals surface area contributed by atoms with Gasteiger partial charge in [0.25, 0.3) is 0 Å². The summed E-state index contributed by atoms with van der Waals surface area (Å²) in [6, 6.07) is 16.8. The maximum atomic E-state index is 13.4. The van der Waals surface area contributed by atoms with Crippen molar-refractivity contribution < 1.29 is 9.18 Å². The van der Waals surface area contributed by atoms with Gasteiger partial charge in [0.05, 0.1) is 0 Å². The van der Waals surface area contributed by atoms with Crippen molar-refractivity contribution in [3.05, 3.63) is 71.5 Å². The topological polar surface area (TPSA) is 35.6 Å². The number of hydrogen-bond donors (Lipinski definition) is 1. The van der Waals surface area contributed by atoms with E-state index in [1.165, 1.54) is 17.7 Å². The van der Waals surface area contributed by atoms with Crippen molar-refractivity contribution in [2.45, 2.75) is 31.5 Å². The Bertz CT molecular complexity index is 753. The zero-order valence-corrected chi connectivity index (χ0v) is 15.5. The van der Waals surface area contributed by atoms with Gasteiger partial charge in [0.1, 0.15) is 11.9 Å². The first-order valence-corrected chi connectivity index (χ1v) is 9.75. The van der Waals surface area contributed by atoms with Gasteiger partial charge in [0.15, 0.2) is 0 Å². The number of nitrogens with zero attached hydrogens (tertiary/aromatic N) is 2. The fraction of sp³-hybridized carbons (Fsp3) is 0.409. The smallest absolute Gasteiger partial charge is 0.242 e. The van der Waals surface area contributed by atoms with Gasteiger partial charge in [-0.05, 0) is 36.1 Å². The summed E-state index contributed by atoms with van der Waals surface area (Å²) >= 11 is 0. The van der Waals surface area contributed by atoms with Gasteiger partial charge in [-0.2, -0.15) is 0 Å². The quantitative estimate of drug-likeness (QED) is 0.853. The highest BCUT2D eigenvalue weighted by Gasteiger charge is 2.33. The van der Waals surface area contributed by atoms with E-state index in [4.69, 9.17) is 0 Å². The summed E-state index contributed by atoms with van der Waals surface area (Å²) in [7, 11) is 0. The normalized spacial score (nSPS) is 19.6. The Balaban J connectivity index is 1.43. The number of halogens is 1. The molecule has 0 aromatic heterocycles. The van der Waals surface area contributed by atoms with Crippen LogP contribution in [0.25, 0.3) is 0 Å². The fourth-order valence-electron chi connectivity index (χ4n) is 3.70. The molecule has 0 radical (unpaired) electrons. The minimum atomic E-state index is -0.343. The van der Waals surface area contributed by atoms with E-state index in [1.54, 1.807) is 12.1 Å². The molecule has 0 bridgehead atoms. The van der Waals surface area contributed by atoms with E-state index in [0.717, 1.165) is 51.1 Å². The summed E-state index contributed by atoms with van der Waals surface area (Å²) in [5.74, 6) is -0.228. The fourth-order valence-corrected chi connectivity index (χ4v) is 3.70. The number of hydrogen-bond acceptors (Lipinski definition) is 3. The molecule has 2 aromatic carbocycles. The van der Waals surface area contributed by atoms with Gasteiger partial charge in [-0.25, -0.2) is 4.39 Å². The first kappa shape index (κ1) is 18.1. The summed E-state index contributed by atoms with van der Waals surface area (Å²) < 4.78 is 13.4. The third-order valence-corrected chi connectivity index (χ3v) is 5.38. The summed E-state index contributed by atoms with van der Waals surface area (Å²) in [5.41, 5.74) is 2.18. The van der Waals surface area contributed by atoms with Crippen LogP contribution in [0.4, 0.5) is 4.39 Å². The van der Waals surface area contributed by atoms with Gasteiger partial charge in [-0.15, -0.1) is 0 Å². The van der Waals surface area contributed by atoms with Crippen LogP contribution in [-0.2, 0) is 11.3 Å². The zero-order valence-electron chi connectivity index (χ0n) is 15.5. The molecule has 4 nitrogen and oxygen atoms in total. The highest BCUT2D eigenvalue weighted by atomic mass is 19.1. The van der Waals surface area contributed by atoms with E-state index >= 15 is 0 Å². The molecule has 5 heteroatoms. The van der Waals surface area contributed by atoms with Crippen LogP contribution in [0.1, 0.15) is 30.0 Å².